The SMILES string of the molecule is O=C(O)c1c(O)c2ncccc2n(Cc2ccccc2)c1=O. The molecule has 0 unspecified atom stereocenters. The summed E-state index contributed by atoms with van der Waals surface area (Å²) in [7, 11) is 0. The highest BCUT2D eigenvalue weighted by atomic mass is 16.4. The number of aromatic hydroxyl groups is 1. The van der Waals surface area contributed by atoms with Crippen LogP contribution in [0.2, 0.25) is 0 Å². The van der Waals surface area contributed by atoms with Gasteiger partial charge in [-0.3, -0.25) is 9.78 Å². The Kier molecular flexibility index (Phi) is 3.34. The van der Waals surface area contributed by atoms with Gasteiger partial charge in [0.1, 0.15) is 5.52 Å². The number of carbonyl (C=O) groups is 1. The van der Waals surface area contributed by atoms with E-state index in [2.05, 4.69) is 4.98 Å². The highest BCUT2D eigenvalue weighted by Gasteiger charge is 2.22. The topological polar surface area (TPSA) is 92.4 Å². The molecule has 2 N–H and O–H groups in total. The predicted octanol–water partition coefficient (Wildman–Crippen LogP) is 1.85. The molecule has 1 aromatic carbocycles. The van der Waals surface area contributed by atoms with Crippen LogP contribution in [0.4, 0.5) is 0 Å². The van der Waals surface area contributed by atoms with Crippen LogP contribution in [0.15, 0.2) is 53.5 Å². The summed E-state index contributed by atoms with van der Waals surface area (Å²) in [6.45, 7) is 0.197. The van der Waals surface area contributed by atoms with E-state index in [0.717, 1.165) is 5.56 Å². The second-order valence-corrected chi connectivity index (χ2v) is 4.78. The minimum atomic E-state index is -1.48. The Balaban J connectivity index is 2.33. The lowest BCUT2D eigenvalue weighted by Crippen LogP contribution is -2.27. The van der Waals surface area contributed by atoms with E-state index < -0.39 is 22.8 Å². The highest BCUT2D eigenvalue weighted by Crippen LogP contribution is 2.24. The van der Waals surface area contributed by atoms with Gasteiger partial charge >= 0.3 is 5.97 Å². The number of carboxylic acid groups (broad SMARTS) is 1. The number of hydrogen-bond acceptors (Lipinski definition) is 4. The largest absolute Gasteiger partial charge is 0.505 e. The summed E-state index contributed by atoms with van der Waals surface area (Å²) in [4.78, 5) is 27.7. The number of aromatic carboxylic acids is 1. The van der Waals surface area contributed by atoms with Gasteiger partial charge in [-0.1, -0.05) is 30.3 Å². The maximum atomic E-state index is 12.4. The van der Waals surface area contributed by atoms with E-state index in [0.29, 0.717) is 5.52 Å². The van der Waals surface area contributed by atoms with Crippen LogP contribution in [-0.4, -0.2) is 25.7 Å². The number of carboxylic acids is 1. The molecule has 0 atom stereocenters. The zero-order chi connectivity index (χ0) is 15.7. The lowest BCUT2D eigenvalue weighted by atomic mass is 10.1. The van der Waals surface area contributed by atoms with E-state index in [4.69, 9.17) is 0 Å². The fourth-order valence-corrected chi connectivity index (χ4v) is 2.38. The van der Waals surface area contributed by atoms with Crippen LogP contribution in [0, 0.1) is 0 Å². The van der Waals surface area contributed by atoms with Crippen molar-refractivity contribution in [2.75, 3.05) is 0 Å². The summed E-state index contributed by atoms with van der Waals surface area (Å²) in [6.07, 6.45) is 1.44. The summed E-state index contributed by atoms with van der Waals surface area (Å²) < 4.78 is 1.31. The lowest BCUT2D eigenvalue weighted by molar-refractivity contribution is 0.0691. The molecule has 0 aliphatic carbocycles. The fraction of sp³-hybridized carbons (Fsp3) is 0.0625. The Morgan fingerprint density at radius 2 is 1.86 bits per heavy atom. The summed E-state index contributed by atoms with van der Waals surface area (Å²) in [6, 6.07) is 12.4. The van der Waals surface area contributed by atoms with Crippen LogP contribution < -0.4 is 5.56 Å². The van der Waals surface area contributed by atoms with Gasteiger partial charge < -0.3 is 14.8 Å². The molecule has 0 spiro atoms. The number of hydrogen-bond donors (Lipinski definition) is 2. The predicted molar refractivity (Wildman–Crippen MR) is 80.2 cm³/mol. The van der Waals surface area contributed by atoms with Crippen molar-refractivity contribution in [2.24, 2.45) is 0 Å². The maximum Gasteiger partial charge on any atom is 0.345 e. The molecule has 0 aliphatic rings. The average Bonchev–Trinajstić information content (AvgIpc) is 2.52. The Labute approximate surface area is 124 Å². The van der Waals surface area contributed by atoms with Crippen molar-refractivity contribution in [3.8, 4) is 5.75 Å². The fourth-order valence-electron chi connectivity index (χ4n) is 2.38. The smallest absolute Gasteiger partial charge is 0.345 e. The molecule has 3 aromatic rings. The quantitative estimate of drug-likeness (QED) is 0.769. The Morgan fingerprint density at radius 3 is 2.55 bits per heavy atom. The Bertz CT molecular complexity index is 917. The van der Waals surface area contributed by atoms with Crippen LogP contribution in [0.1, 0.15) is 15.9 Å². The molecule has 0 fully saturated rings. The van der Waals surface area contributed by atoms with Crippen molar-refractivity contribution in [2.45, 2.75) is 6.54 Å². The second kappa shape index (κ2) is 5.33. The van der Waals surface area contributed by atoms with Gasteiger partial charge in [0.2, 0.25) is 0 Å². The number of nitrogens with zero attached hydrogens (tertiary/aromatic N) is 2. The number of aromatic nitrogens is 2. The van der Waals surface area contributed by atoms with E-state index in [1.54, 1.807) is 12.1 Å². The Morgan fingerprint density at radius 1 is 1.14 bits per heavy atom. The van der Waals surface area contributed by atoms with Gasteiger partial charge in [-0.05, 0) is 17.7 Å². The van der Waals surface area contributed by atoms with Gasteiger partial charge in [0, 0.05) is 6.20 Å². The summed E-state index contributed by atoms with van der Waals surface area (Å²) >= 11 is 0. The number of benzene rings is 1. The van der Waals surface area contributed by atoms with Gasteiger partial charge in [-0.2, -0.15) is 0 Å². The molecule has 2 heterocycles. The van der Waals surface area contributed by atoms with Crippen molar-refractivity contribution >= 4 is 17.0 Å². The summed E-state index contributed by atoms with van der Waals surface area (Å²) in [5.74, 6) is -2.07. The molecule has 3 rings (SSSR count). The first-order valence-electron chi connectivity index (χ1n) is 6.57. The molecule has 0 amide bonds. The van der Waals surface area contributed by atoms with Crippen molar-refractivity contribution in [3.63, 3.8) is 0 Å². The van der Waals surface area contributed by atoms with Crippen molar-refractivity contribution in [3.05, 3.63) is 70.1 Å². The second-order valence-electron chi connectivity index (χ2n) is 4.78. The van der Waals surface area contributed by atoms with Crippen LogP contribution in [0.3, 0.4) is 0 Å². The Hall–Kier alpha value is -3.15. The molecule has 110 valence electrons. The van der Waals surface area contributed by atoms with E-state index in [1.807, 2.05) is 30.3 Å². The molecule has 0 bridgehead atoms. The van der Waals surface area contributed by atoms with Crippen molar-refractivity contribution in [1.29, 1.82) is 0 Å². The minimum Gasteiger partial charge on any atom is -0.505 e. The molecular formula is C16H12N2O4. The molecule has 0 saturated heterocycles. The molecule has 6 heteroatoms. The lowest BCUT2D eigenvalue weighted by Gasteiger charge is -2.12. The third-order valence-corrected chi connectivity index (χ3v) is 3.39. The van der Waals surface area contributed by atoms with Crippen LogP contribution in [0.25, 0.3) is 11.0 Å². The van der Waals surface area contributed by atoms with Crippen molar-refractivity contribution in [1.82, 2.24) is 9.55 Å². The summed E-state index contributed by atoms with van der Waals surface area (Å²) in [5, 5.41) is 19.2. The number of rotatable bonds is 3. The van der Waals surface area contributed by atoms with E-state index in [9.17, 15) is 19.8 Å². The summed E-state index contributed by atoms with van der Waals surface area (Å²) in [5.41, 5.74) is -0.0949. The van der Waals surface area contributed by atoms with Crippen LogP contribution >= 0.6 is 0 Å². The zero-order valence-electron chi connectivity index (χ0n) is 11.4. The zero-order valence-corrected chi connectivity index (χ0v) is 11.4. The standard InChI is InChI=1S/C16H12N2O4/c19-14-12(16(21)22)15(20)18(9-10-5-2-1-3-6-10)11-7-4-8-17-13(11)14/h1-8,19H,9H2,(H,21,22). The highest BCUT2D eigenvalue weighted by molar-refractivity contribution is 5.97. The first-order valence-corrected chi connectivity index (χ1v) is 6.57. The van der Waals surface area contributed by atoms with Gasteiger partial charge in [-0.25, -0.2) is 4.79 Å². The molecular weight excluding hydrogens is 284 g/mol. The van der Waals surface area contributed by atoms with Gasteiger partial charge in [0.05, 0.1) is 12.1 Å². The number of pyridine rings is 2. The van der Waals surface area contributed by atoms with Crippen molar-refractivity contribution < 1.29 is 15.0 Å². The molecule has 22 heavy (non-hydrogen) atoms. The van der Waals surface area contributed by atoms with Gasteiger partial charge in [0.25, 0.3) is 5.56 Å². The van der Waals surface area contributed by atoms with Gasteiger partial charge in [0.15, 0.2) is 11.3 Å². The monoisotopic (exact) mass is 296 g/mol. The first kappa shape index (κ1) is 13.8. The van der Waals surface area contributed by atoms with E-state index in [1.165, 1.54) is 10.8 Å². The first-order chi connectivity index (χ1) is 10.6. The molecule has 0 saturated carbocycles. The third kappa shape index (κ3) is 2.20. The van der Waals surface area contributed by atoms with Crippen LogP contribution in [0.5, 0.6) is 5.75 Å². The van der Waals surface area contributed by atoms with E-state index >= 15 is 0 Å². The van der Waals surface area contributed by atoms with Gasteiger partial charge in [-0.15, -0.1) is 0 Å². The third-order valence-electron chi connectivity index (χ3n) is 3.39. The molecule has 6 nitrogen and oxygen atoms in total. The molecule has 2 aromatic heterocycles. The normalized spacial score (nSPS) is 10.7. The maximum absolute atomic E-state index is 12.4. The van der Waals surface area contributed by atoms with E-state index in [-0.39, 0.29) is 12.1 Å². The number of fused-ring (bicyclic) bond motifs is 1. The minimum absolute atomic E-state index is 0.0930. The van der Waals surface area contributed by atoms with Crippen LogP contribution in [-0.2, 0) is 6.54 Å². The molecule has 0 radical (unpaired) electrons. The average molecular weight is 296 g/mol. The molecule has 0 aliphatic heterocycles.